The molecule has 1 unspecified atom stereocenters. The van der Waals surface area contributed by atoms with Crippen LogP contribution in [0.3, 0.4) is 0 Å². The van der Waals surface area contributed by atoms with Gasteiger partial charge in [0.2, 0.25) is 0 Å². The zero-order valence-corrected chi connectivity index (χ0v) is 23.6. The number of ether oxygens (including phenoxy) is 1. The van der Waals surface area contributed by atoms with Gasteiger partial charge in [-0.3, -0.25) is 9.69 Å². The molecule has 3 aromatic rings. The number of aryl methyl sites for hydroxylation is 3. The van der Waals surface area contributed by atoms with Crippen LogP contribution in [0.2, 0.25) is 5.02 Å². The third-order valence-electron chi connectivity index (χ3n) is 7.84. The number of rotatable bonds is 6. The molecule has 7 heteroatoms. The number of allylic oxidation sites excluding steroid dienone is 3. The van der Waals surface area contributed by atoms with Gasteiger partial charge in [-0.25, -0.2) is 4.39 Å². The fraction of sp³-hybridized carbons (Fsp3) is 0.273. The number of carbonyl (C=O) groups is 1. The topological polar surface area (TPSA) is 79.3 Å². The van der Waals surface area contributed by atoms with Crippen LogP contribution < -0.4 is 15.4 Å². The van der Waals surface area contributed by atoms with E-state index in [0.717, 1.165) is 52.0 Å². The monoisotopic (exact) mass is 555 g/mol. The summed E-state index contributed by atoms with van der Waals surface area (Å²) in [6.07, 6.45) is 2.65. The van der Waals surface area contributed by atoms with Crippen LogP contribution in [0.5, 0.6) is 5.75 Å². The first-order valence-corrected chi connectivity index (χ1v) is 13.8. The van der Waals surface area contributed by atoms with Gasteiger partial charge in [0.25, 0.3) is 0 Å². The molecule has 2 N–H and O–H groups in total. The Morgan fingerprint density at radius 3 is 2.60 bits per heavy atom. The van der Waals surface area contributed by atoms with Crippen LogP contribution in [-0.2, 0) is 17.8 Å². The van der Waals surface area contributed by atoms with E-state index >= 15 is 0 Å². The second kappa shape index (κ2) is 11.2. The smallest absolute Gasteiger partial charge is 0.161 e. The van der Waals surface area contributed by atoms with Gasteiger partial charge in [0.15, 0.2) is 5.78 Å². The number of anilines is 1. The summed E-state index contributed by atoms with van der Waals surface area (Å²) in [5, 5.41) is 10.7. The Hall–Kier alpha value is -4.08. The van der Waals surface area contributed by atoms with E-state index in [2.05, 4.69) is 19.1 Å². The van der Waals surface area contributed by atoms with Gasteiger partial charge in [-0.15, -0.1) is 0 Å². The predicted molar refractivity (Wildman–Crippen MR) is 155 cm³/mol. The molecule has 0 saturated carbocycles. The molecule has 204 valence electrons. The number of para-hydroxylation sites is 1. The Balaban J connectivity index is 1.63. The molecule has 1 atom stereocenters. The van der Waals surface area contributed by atoms with E-state index in [1.54, 1.807) is 0 Å². The van der Waals surface area contributed by atoms with Gasteiger partial charge >= 0.3 is 0 Å². The molecule has 5 nitrogen and oxygen atoms in total. The molecule has 0 amide bonds. The number of carbonyl (C=O) groups excluding carboxylic acids is 1. The van der Waals surface area contributed by atoms with E-state index in [-0.39, 0.29) is 17.4 Å². The first kappa shape index (κ1) is 27.5. The number of nitrogens with two attached hydrogens (primary N) is 1. The minimum atomic E-state index is -0.577. The summed E-state index contributed by atoms with van der Waals surface area (Å²) in [4.78, 5) is 15.6. The highest BCUT2D eigenvalue weighted by Crippen LogP contribution is 2.48. The summed E-state index contributed by atoms with van der Waals surface area (Å²) in [6.45, 7) is 6.24. The second-order valence-corrected chi connectivity index (χ2v) is 10.7. The van der Waals surface area contributed by atoms with Gasteiger partial charge in [0.05, 0.1) is 28.3 Å². The zero-order chi connectivity index (χ0) is 28.6. The molecule has 0 fully saturated rings. The lowest BCUT2D eigenvalue weighted by Gasteiger charge is -2.40. The van der Waals surface area contributed by atoms with Gasteiger partial charge < -0.3 is 10.5 Å². The zero-order valence-electron chi connectivity index (χ0n) is 22.9. The highest BCUT2D eigenvalue weighted by Gasteiger charge is 2.41. The number of nitrogens with zero attached hydrogens (tertiary/aromatic N) is 2. The van der Waals surface area contributed by atoms with Crippen molar-refractivity contribution in [2.45, 2.75) is 59.0 Å². The number of ketones is 1. The number of hydrogen-bond donors (Lipinski definition) is 1. The third-order valence-corrected chi connectivity index (χ3v) is 8.13. The maximum absolute atomic E-state index is 13.6. The minimum Gasteiger partial charge on any atom is -0.487 e. The SMILES string of the molecule is CCc1ccccc1N1C(N)=C(C#N)C(c2cc(COc3ccc(F)cc3Cl)c(C)cc2C)C2=C1CCCC2=O. The summed E-state index contributed by atoms with van der Waals surface area (Å²) in [5.41, 5.74) is 14.4. The minimum absolute atomic E-state index is 0.0429. The standard InChI is InChI=1S/C33H31ClFN3O2/c1-4-21-8-5-6-9-27(21)38-28-10-7-11-29(39)32(28)31(25(17-36)33(38)37)24-15-22(19(2)14-20(24)3)18-40-30-13-12-23(35)16-26(30)34/h5-6,8-9,12-16,31H,4,7,10-11,18,37H2,1-3H3. The first-order chi connectivity index (χ1) is 19.2. The van der Waals surface area contributed by atoms with Crippen molar-refractivity contribution in [2.75, 3.05) is 4.90 Å². The van der Waals surface area contributed by atoms with E-state index in [1.807, 2.05) is 49.1 Å². The van der Waals surface area contributed by atoms with E-state index in [4.69, 9.17) is 22.1 Å². The molecule has 0 saturated heterocycles. The van der Waals surface area contributed by atoms with Gasteiger partial charge in [0.1, 0.15) is 24.0 Å². The number of nitriles is 1. The van der Waals surface area contributed by atoms with Crippen molar-refractivity contribution < 1.29 is 13.9 Å². The van der Waals surface area contributed by atoms with E-state index in [0.29, 0.717) is 35.6 Å². The van der Waals surface area contributed by atoms with Gasteiger partial charge in [-0.2, -0.15) is 5.26 Å². The molecule has 1 aliphatic heterocycles. The van der Waals surface area contributed by atoms with E-state index in [1.165, 1.54) is 18.2 Å². The summed E-state index contributed by atoms with van der Waals surface area (Å²) in [6, 6.07) is 18.4. The molecule has 0 radical (unpaired) electrons. The van der Waals surface area contributed by atoms with Crippen LogP contribution in [0.15, 0.2) is 77.3 Å². The van der Waals surface area contributed by atoms with Crippen molar-refractivity contribution >= 4 is 23.1 Å². The van der Waals surface area contributed by atoms with Crippen LogP contribution in [0, 0.1) is 31.0 Å². The average molecular weight is 556 g/mol. The van der Waals surface area contributed by atoms with Crippen LogP contribution in [0.25, 0.3) is 0 Å². The molecule has 1 aliphatic carbocycles. The Morgan fingerprint density at radius 1 is 1.10 bits per heavy atom. The lowest BCUT2D eigenvalue weighted by Crippen LogP contribution is -2.39. The fourth-order valence-corrected chi connectivity index (χ4v) is 6.05. The predicted octanol–water partition coefficient (Wildman–Crippen LogP) is 7.54. The largest absolute Gasteiger partial charge is 0.487 e. The lowest BCUT2D eigenvalue weighted by atomic mass is 9.74. The maximum atomic E-state index is 13.6. The van der Waals surface area contributed by atoms with Crippen LogP contribution in [0.1, 0.15) is 59.9 Å². The molecular formula is C33H31ClFN3O2. The molecule has 2 aliphatic rings. The normalized spacial score (nSPS) is 17.1. The van der Waals surface area contributed by atoms with Gasteiger partial charge in [-0.05, 0) is 85.2 Å². The summed E-state index contributed by atoms with van der Waals surface area (Å²) in [7, 11) is 0. The van der Waals surface area contributed by atoms with Crippen molar-refractivity contribution in [2.24, 2.45) is 5.73 Å². The number of halogens is 2. The Morgan fingerprint density at radius 2 is 1.88 bits per heavy atom. The second-order valence-electron chi connectivity index (χ2n) is 10.3. The highest BCUT2D eigenvalue weighted by molar-refractivity contribution is 6.32. The van der Waals surface area contributed by atoms with E-state index < -0.39 is 11.7 Å². The fourth-order valence-electron chi connectivity index (χ4n) is 5.83. The number of benzene rings is 3. The van der Waals surface area contributed by atoms with E-state index in [9.17, 15) is 14.4 Å². The average Bonchev–Trinajstić information content (AvgIpc) is 2.93. The summed E-state index contributed by atoms with van der Waals surface area (Å²) < 4.78 is 19.5. The quantitative estimate of drug-likeness (QED) is 0.340. The molecule has 0 aromatic heterocycles. The van der Waals surface area contributed by atoms with Gasteiger partial charge in [-0.1, -0.05) is 48.9 Å². The van der Waals surface area contributed by atoms with Gasteiger partial charge in [0, 0.05) is 17.7 Å². The summed E-state index contributed by atoms with van der Waals surface area (Å²) >= 11 is 6.18. The Labute approximate surface area is 239 Å². The first-order valence-electron chi connectivity index (χ1n) is 13.5. The van der Waals surface area contributed by atoms with Crippen LogP contribution in [0.4, 0.5) is 10.1 Å². The number of Topliss-reactive ketones (excluding diaryl/α,β-unsaturated/α-hetero) is 1. The lowest BCUT2D eigenvalue weighted by molar-refractivity contribution is -0.116. The molecule has 0 bridgehead atoms. The molecule has 3 aromatic carbocycles. The summed E-state index contributed by atoms with van der Waals surface area (Å²) in [5.74, 6) is -0.235. The van der Waals surface area contributed by atoms with Crippen LogP contribution >= 0.6 is 11.6 Å². The van der Waals surface area contributed by atoms with Crippen LogP contribution in [-0.4, -0.2) is 5.78 Å². The Bertz CT molecular complexity index is 1620. The van der Waals surface area contributed by atoms with Crippen molar-refractivity contribution in [3.63, 3.8) is 0 Å². The third kappa shape index (κ3) is 4.87. The maximum Gasteiger partial charge on any atom is 0.161 e. The number of hydrogen-bond acceptors (Lipinski definition) is 5. The van der Waals surface area contributed by atoms with Crippen molar-refractivity contribution in [1.82, 2.24) is 0 Å². The molecule has 0 spiro atoms. The van der Waals surface area contributed by atoms with Crippen molar-refractivity contribution in [3.8, 4) is 11.8 Å². The highest BCUT2D eigenvalue weighted by atomic mass is 35.5. The molecule has 1 heterocycles. The Kier molecular flexibility index (Phi) is 7.69. The molecule has 40 heavy (non-hydrogen) atoms. The van der Waals surface area contributed by atoms with Crippen molar-refractivity contribution in [3.05, 3.63) is 116 Å². The molecule has 5 rings (SSSR count). The van der Waals surface area contributed by atoms with Crippen molar-refractivity contribution in [1.29, 1.82) is 5.26 Å². The molecular weight excluding hydrogens is 525 g/mol.